The van der Waals surface area contributed by atoms with E-state index in [0.717, 1.165) is 31.9 Å². The van der Waals surface area contributed by atoms with E-state index in [0.29, 0.717) is 5.56 Å². The Morgan fingerprint density at radius 3 is 2.40 bits per heavy atom. The van der Waals surface area contributed by atoms with E-state index in [9.17, 15) is 23.1 Å². The third kappa shape index (κ3) is 5.48. The van der Waals surface area contributed by atoms with Crippen LogP contribution in [0.4, 0.5) is 24.5 Å². The molecular weight excluding hydrogens is 455 g/mol. The number of nitrogens with one attached hydrogen (secondary N) is 1. The van der Waals surface area contributed by atoms with Gasteiger partial charge in [0, 0.05) is 12.1 Å². The molecule has 2 saturated heterocycles. The van der Waals surface area contributed by atoms with Crippen molar-refractivity contribution in [2.75, 3.05) is 25.0 Å². The number of carbonyl (C=O) groups is 1. The smallest absolute Gasteiger partial charge is 0.256 e. The van der Waals surface area contributed by atoms with E-state index >= 15 is 0 Å². The normalized spacial score (nSPS) is 19.6. The molecule has 0 aliphatic carbocycles. The van der Waals surface area contributed by atoms with Crippen LogP contribution in [0.2, 0.25) is 0 Å². The maximum atomic E-state index is 14.7. The molecule has 2 aromatic carbocycles. The van der Waals surface area contributed by atoms with Crippen LogP contribution in [0, 0.1) is 24.4 Å². The summed E-state index contributed by atoms with van der Waals surface area (Å²) in [5.41, 5.74) is -0.962. The lowest BCUT2D eigenvalue weighted by Gasteiger charge is -2.55. The van der Waals surface area contributed by atoms with Crippen molar-refractivity contribution in [1.82, 2.24) is 9.80 Å². The number of benzene rings is 2. The highest BCUT2D eigenvalue weighted by atomic mass is 19.2. The number of halogens is 3. The second kappa shape index (κ2) is 11.0. The highest BCUT2D eigenvalue weighted by molar-refractivity contribution is 6.01. The van der Waals surface area contributed by atoms with Crippen molar-refractivity contribution >= 4 is 17.3 Å². The molecule has 1 amide bonds. The minimum Gasteiger partial charge on any atom is -0.385 e. The van der Waals surface area contributed by atoms with Gasteiger partial charge in [-0.25, -0.2) is 13.2 Å². The number of rotatable bonds is 5. The van der Waals surface area contributed by atoms with Crippen LogP contribution in [0.3, 0.4) is 0 Å². The van der Waals surface area contributed by atoms with Gasteiger partial charge in [0.2, 0.25) is 0 Å². The highest BCUT2D eigenvalue weighted by Crippen LogP contribution is 2.37. The van der Waals surface area contributed by atoms with E-state index in [1.54, 1.807) is 13.0 Å². The lowest BCUT2D eigenvalue weighted by Crippen LogP contribution is -2.73. The first kappa shape index (κ1) is 27.0. The van der Waals surface area contributed by atoms with Gasteiger partial charge in [-0.1, -0.05) is 26.3 Å². The number of hydrogen-bond donors (Lipinski definition) is 2. The molecule has 2 aliphatic rings. The molecule has 2 aliphatic heterocycles. The first-order chi connectivity index (χ1) is 16.6. The summed E-state index contributed by atoms with van der Waals surface area (Å²) >= 11 is 0. The van der Waals surface area contributed by atoms with Crippen molar-refractivity contribution in [2.45, 2.75) is 71.6 Å². The van der Waals surface area contributed by atoms with Crippen LogP contribution >= 0.6 is 0 Å². The Hall–Kier alpha value is -2.58. The predicted molar refractivity (Wildman–Crippen MR) is 132 cm³/mol. The van der Waals surface area contributed by atoms with Crippen LogP contribution < -0.4 is 5.32 Å². The molecule has 0 saturated carbocycles. The van der Waals surface area contributed by atoms with Crippen LogP contribution in [-0.4, -0.2) is 58.1 Å². The number of carbonyl (C=O) groups excluding carboxylic acids is 1. The predicted octanol–water partition coefficient (Wildman–Crippen LogP) is 5.63. The molecular formula is C27H36F3N3O2. The summed E-state index contributed by atoms with van der Waals surface area (Å²) in [6.45, 7) is 11.0. The molecule has 0 spiro atoms. The zero-order valence-electron chi connectivity index (χ0n) is 21.2. The van der Waals surface area contributed by atoms with Gasteiger partial charge < -0.3 is 15.3 Å². The van der Waals surface area contributed by atoms with E-state index < -0.39 is 34.6 Å². The molecule has 2 N–H and O–H groups in total. The Labute approximate surface area is 205 Å². The molecule has 1 unspecified atom stereocenters. The van der Waals surface area contributed by atoms with Crippen LogP contribution in [0.25, 0.3) is 0 Å². The van der Waals surface area contributed by atoms with Crippen LogP contribution in [0.1, 0.15) is 62.9 Å². The molecule has 5 nitrogen and oxygen atoms in total. The van der Waals surface area contributed by atoms with Crippen molar-refractivity contribution in [3.05, 3.63) is 58.9 Å². The fourth-order valence-electron chi connectivity index (χ4n) is 5.00. The number of aryl methyl sites for hydroxylation is 1. The third-order valence-electron chi connectivity index (χ3n) is 6.75. The fourth-order valence-corrected chi connectivity index (χ4v) is 5.00. The topological polar surface area (TPSA) is 55.8 Å². The van der Waals surface area contributed by atoms with Crippen LogP contribution in [0.15, 0.2) is 30.3 Å². The van der Waals surface area contributed by atoms with Gasteiger partial charge >= 0.3 is 0 Å². The van der Waals surface area contributed by atoms with Gasteiger partial charge in [0.25, 0.3) is 5.91 Å². The van der Waals surface area contributed by atoms with Crippen LogP contribution in [0.5, 0.6) is 0 Å². The van der Waals surface area contributed by atoms with Gasteiger partial charge in [0.1, 0.15) is 11.4 Å². The zero-order chi connectivity index (χ0) is 25.9. The Morgan fingerprint density at radius 2 is 1.77 bits per heavy atom. The average Bonchev–Trinajstić information content (AvgIpc) is 2.82. The monoisotopic (exact) mass is 491 g/mol. The van der Waals surface area contributed by atoms with Gasteiger partial charge in [0.15, 0.2) is 11.6 Å². The van der Waals surface area contributed by atoms with Gasteiger partial charge in [-0.15, -0.1) is 0 Å². The molecule has 0 aromatic heterocycles. The summed E-state index contributed by atoms with van der Waals surface area (Å²) in [5.74, 6) is -3.58. The molecule has 8 heteroatoms. The number of nitrogens with zero attached hydrogens (tertiary/aromatic N) is 2. The summed E-state index contributed by atoms with van der Waals surface area (Å²) in [6.07, 6.45) is 2.94. The Bertz CT molecular complexity index is 1050. The largest absolute Gasteiger partial charge is 0.385 e. The molecule has 2 fully saturated rings. The molecule has 0 radical (unpaired) electrons. The fraction of sp³-hybridized carbons (Fsp3) is 0.519. The molecule has 4 rings (SSSR count). The average molecular weight is 492 g/mol. The maximum Gasteiger partial charge on any atom is 0.256 e. The number of anilines is 2. The lowest BCUT2D eigenvalue weighted by molar-refractivity contribution is -0.145. The zero-order valence-corrected chi connectivity index (χ0v) is 21.2. The van der Waals surface area contributed by atoms with Gasteiger partial charge in [0.05, 0.1) is 30.0 Å². The minimum absolute atomic E-state index is 0.0560. The Balaban J connectivity index is 0.00000167. The lowest BCUT2D eigenvalue weighted by atomic mass is 9.79. The quantitative estimate of drug-likeness (QED) is 0.569. The molecule has 1 atom stereocenters. The molecule has 0 bridgehead atoms. The van der Waals surface area contributed by atoms with Gasteiger partial charge in [-0.2, -0.15) is 0 Å². The summed E-state index contributed by atoms with van der Waals surface area (Å²) in [6, 6.07) is 6.59. The number of piperidine rings is 1. The van der Waals surface area contributed by atoms with Crippen molar-refractivity contribution in [1.29, 1.82) is 0 Å². The number of hydrogen-bond acceptors (Lipinski definition) is 4. The highest BCUT2D eigenvalue weighted by Gasteiger charge is 2.52. The second-order valence-electron chi connectivity index (χ2n) is 9.50. The van der Waals surface area contributed by atoms with E-state index in [4.69, 9.17) is 0 Å². The summed E-state index contributed by atoms with van der Waals surface area (Å²) in [5, 5.41) is 13.8. The number of aliphatic hydroxyl groups is 1. The standard InChI is InChI=1S/C25H30F3N3O2.C2H6/c1-15(2)31-11-5-4-6-21(31)25(33)13-30(14-25)24(32)17-8-9-18(26)22(28)23(17)29-20-10-7-16(3)12-19(20)27;1-2/h7-10,12,15,21,29,33H,4-6,11,13-14H2,1-3H3;1-2H3. The molecule has 35 heavy (non-hydrogen) atoms. The second-order valence-corrected chi connectivity index (χ2v) is 9.50. The summed E-state index contributed by atoms with van der Waals surface area (Å²) in [4.78, 5) is 16.9. The number of β-amino-alcohol motifs (C(OH)–C–C–N with tert-alkyl or cyclic N) is 1. The van der Waals surface area contributed by atoms with Crippen LogP contribution in [-0.2, 0) is 0 Å². The number of amides is 1. The molecule has 192 valence electrons. The van der Waals surface area contributed by atoms with Gasteiger partial charge in [-0.05, 0) is 70.0 Å². The van der Waals surface area contributed by atoms with E-state index in [1.165, 1.54) is 23.1 Å². The van der Waals surface area contributed by atoms with E-state index in [2.05, 4.69) is 24.1 Å². The van der Waals surface area contributed by atoms with E-state index in [1.807, 2.05) is 13.8 Å². The SMILES string of the molecule is CC.Cc1ccc(Nc2c(C(=O)N3CC(O)(C4CCCCN4C(C)C)C3)ccc(F)c2F)c(F)c1. The maximum absolute atomic E-state index is 14.7. The third-order valence-corrected chi connectivity index (χ3v) is 6.75. The Morgan fingerprint density at radius 1 is 1.09 bits per heavy atom. The van der Waals surface area contributed by atoms with Crippen molar-refractivity contribution in [2.24, 2.45) is 0 Å². The van der Waals surface area contributed by atoms with Crippen molar-refractivity contribution in [3.8, 4) is 0 Å². The van der Waals surface area contributed by atoms with Gasteiger partial charge in [-0.3, -0.25) is 9.69 Å². The summed E-state index contributed by atoms with van der Waals surface area (Å²) < 4.78 is 43.0. The van der Waals surface area contributed by atoms with E-state index in [-0.39, 0.29) is 36.4 Å². The van der Waals surface area contributed by atoms with Crippen molar-refractivity contribution < 1.29 is 23.1 Å². The molecule has 2 heterocycles. The first-order valence-electron chi connectivity index (χ1n) is 12.4. The van der Waals surface area contributed by atoms with Crippen molar-refractivity contribution in [3.63, 3.8) is 0 Å². The minimum atomic E-state index is -1.25. The summed E-state index contributed by atoms with van der Waals surface area (Å²) in [7, 11) is 0. The first-order valence-corrected chi connectivity index (χ1v) is 12.4. The Kier molecular flexibility index (Phi) is 8.49. The number of likely N-dealkylation sites (tertiary alicyclic amines) is 2. The molecule has 2 aromatic rings.